The van der Waals surface area contributed by atoms with E-state index in [1.54, 1.807) is 19.1 Å². The number of anilines is 1. The van der Waals surface area contributed by atoms with Gasteiger partial charge in [0.2, 0.25) is 5.88 Å². The van der Waals surface area contributed by atoms with Crippen LogP contribution in [0.2, 0.25) is 0 Å². The Kier molecular flexibility index (Phi) is 4.21. The lowest BCUT2D eigenvalue weighted by atomic mass is 10.6. The fraction of sp³-hybridized carbons (Fsp3) is 0.333. The molecule has 0 aliphatic heterocycles. The fourth-order valence-corrected chi connectivity index (χ4v) is 0.870. The summed E-state index contributed by atoms with van der Waals surface area (Å²) in [6.07, 6.45) is 1.43. The molecule has 2 N–H and O–H groups in total. The van der Waals surface area contributed by atoms with Gasteiger partial charge in [0.25, 0.3) is 0 Å². The summed E-state index contributed by atoms with van der Waals surface area (Å²) < 4.78 is 9.49. The molecule has 82 valence electrons. The van der Waals surface area contributed by atoms with Crippen molar-refractivity contribution in [3.8, 4) is 0 Å². The van der Waals surface area contributed by atoms with E-state index in [1.807, 2.05) is 0 Å². The van der Waals surface area contributed by atoms with Crippen molar-refractivity contribution in [2.24, 2.45) is 0 Å². The summed E-state index contributed by atoms with van der Waals surface area (Å²) in [4.78, 5) is 22.0. The van der Waals surface area contributed by atoms with Crippen LogP contribution in [0, 0.1) is 0 Å². The molecule has 0 saturated heterocycles. The van der Waals surface area contributed by atoms with Gasteiger partial charge in [-0.15, -0.1) is 0 Å². The first-order chi connectivity index (χ1) is 7.22. The lowest BCUT2D eigenvalue weighted by Gasteiger charge is -2.04. The minimum atomic E-state index is -0.516. The van der Waals surface area contributed by atoms with E-state index in [0.29, 0.717) is 12.5 Å². The molecule has 1 aromatic rings. The van der Waals surface area contributed by atoms with Crippen LogP contribution in [0.1, 0.15) is 6.92 Å². The van der Waals surface area contributed by atoms with Crippen LogP contribution in [-0.2, 0) is 9.53 Å². The van der Waals surface area contributed by atoms with E-state index in [0.717, 1.165) is 0 Å². The van der Waals surface area contributed by atoms with Crippen molar-refractivity contribution >= 4 is 17.9 Å². The average molecular weight is 212 g/mol. The Hall–Kier alpha value is -1.98. The van der Waals surface area contributed by atoms with Gasteiger partial charge in [-0.1, -0.05) is 0 Å². The molecule has 0 fully saturated rings. The van der Waals surface area contributed by atoms with Crippen LogP contribution in [0.15, 0.2) is 22.8 Å². The number of hydrogen-bond donors (Lipinski definition) is 2. The third kappa shape index (κ3) is 4.17. The second kappa shape index (κ2) is 5.69. The second-order valence-corrected chi connectivity index (χ2v) is 2.59. The van der Waals surface area contributed by atoms with Crippen LogP contribution in [-0.4, -0.2) is 25.2 Å². The van der Waals surface area contributed by atoms with Gasteiger partial charge in [0.05, 0.1) is 12.9 Å². The first-order valence-electron chi connectivity index (χ1n) is 4.46. The van der Waals surface area contributed by atoms with Gasteiger partial charge >= 0.3 is 12.0 Å². The molecule has 0 unspecified atom stereocenters. The minimum Gasteiger partial charge on any atom is -0.465 e. The SMILES string of the molecule is CCOC(=O)CNC(=O)Nc1ccco1. The van der Waals surface area contributed by atoms with E-state index in [4.69, 9.17) is 4.42 Å². The molecule has 0 aromatic carbocycles. The van der Waals surface area contributed by atoms with Crippen LogP contribution in [0.5, 0.6) is 0 Å². The van der Waals surface area contributed by atoms with E-state index in [9.17, 15) is 9.59 Å². The van der Waals surface area contributed by atoms with Crippen LogP contribution in [0.3, 0.4) is 0 Å². The monoisotopic (exact) mass is 212 g/mol. The number of carbonyl (C=O) groups excluding carboxylic acids is 2. The summed E-state index contributed by atoms with van der Waals surface area (Å²) in [5.41, 5.74) is 0. The van der Waals surface area contributed by atoms with Gasteiger partial charge in [-0.3, -0.25) is 10.1 Å². The first-order valence-corrected chi connectivity index (χ1v) is 4.46. The van der Waals surface area contributed by atoms with E-state index >= 15 is 0 Å². The van der Waals surface area contributed by atoms with Gasteiger partial charge in [-0.2, -0.15) is 0 Å². The molecule has 0 spiro atoms. The Bertz CT molecular complexity index is 321. The molecule has 0 atom stereocenters. The highest BCUT2D eigenvalue weighted by molar-refractivity contribution is 5.90. The maximum Gasteiger partial charge on any atom is 0.325 e. The van der Waals surface area contributed by atoms with Gasteiger partial charge in [-0.05, 0) is 13.0 Å². The maximum absolute atomic E-state index is 11.1. The molecule has 1 heterocycles. The third-order valence-electron chi connectivity index (χ3n) is 1.46. The molecule has 0 saturated carbocycles. The Morgan fingerprint density at radius 1 is 1.53 bits per heavy atom. The molecular weight excluding hydrogens is 200 g/mol. The van der Waals surface area contributed by atoms with Gasteiger partial charge < -0.3 is 14.5 Å². The highest BCUT2D eigenvalue weighted by Gasteiger charge is 2.06. The van der Waals surface area contributed by atoms with Crippen LogP contribution < -0.4 is 10.6 Å². The number of ether oxygens (including phenoxy) is 1. The van der Waals surface area contributed by atoms with Crippen molar-refractivity contribution in [3.63, 3.8) is 0 Å². The van der Waals surface area contributed by atoms with E-state index < -0.39 is 12.0 Å². The number of rotatable bonds is 4. The summed E-state index contributed by atoms with van der Waals surface area (Å²) in [7, 11) is 0. The average Bonchev–Trinajstić information content (AvgIpc) is 2.68. The van der Waals surface area contributed by atoms with Crippen molar-refractivity contribution in [1.82, 2.24) is 5.32 Å². The Balaban J connectivity index is 2.22. The maximum atomic E-state index is 11.1. The van der Waals surface area contributed by atoms with Crippen molar-refractivity contribution in [2.45, 2.75) is 6.92 Å². The van der Waals surface area contributed by atoms with E-state index in [2.05, 4.69) is 15.4 Å². The summed E-state index contributed by atoms with van der Waals surface area (Å²) in [5, 5.41) is 4.72. The first kappa shape index (κ1) is 11.1. The van der Waals surface area contributed by atoms with Crippen molar-refractivity contribution in [3.05, 3.63) is 18.4 Å². The summed E-state index contributed by atoms with van der Waals surface area (Å²) in [6, 6.07) is 2.71. The highest BCUT2D eigenvalue weighted by atomic mass is 16.5. The molecule has 0 aliphatic carbocycles. The Morgan fingerprint density at radius 2 is 2.33 bits per heavy atom. The topological polar surface area (TPSA) is 80.6 Å². The lowest BCUT2D eigenvalue weighted by Crippen LogP contribution is -2.33. The summed E-state index contributed by atoms with van der Waals surface area (Å²) in [6.45, 7) is 1.82. The third-order valence-corrected chi connectivity index (χ3v) is 1.46. The van der Waals surface area contributed by atoms with Gasteiger partial charge in [-0.25, -0.2) is 4.79 Å². The molecule has 6 nitrogen and oxygen atoms in total. The van der Waals surface area contributed by atoms with Crippen LogP contribution in [0.25, 0.3) is 0 Å². The molecule has 2 amide bonds. The zero-order valence-electron chi connectivity index (χ0n) is 8.28. The smallest absolute Gasteiger partial charge is 0.325 e. The lowest BCUT2D eigenvalue weighted by molar-refractivity contribution is -0.141. The standard InChI is InChI=1S/C9H12N2O4/c1-2-14-8(12)6-10-9(13)11-7-4-3-5-15-7/h3-5H,2,6H2,1H3,(H2,10,11,13). The molecule has 0 radical (unpaired) electrons. The number of carbonyl (C=O) groups is 2. The number of urea groups is 1. The highest BCUT2D eigenvalue weighted by Crippen LogP contribution is 2.05. The second-order valence-electron chi connectivity index (χ2n) is 2.59. The number of hydrogen-bond acceptors (Lipinski definition) is 4. The van der Waals surface area contributed by atoms with Gasteiger partial charge in [0, 0.05) is 6.07 Å². The molecular formula is C9H12N2O4. The van der Waals surface area contributed by atoms with Crippen molar-refractivity contribution in [1.29, 1.82) is 0 Å². The van der Waals surface area contributed by atoms with Crippen LogP contribution in [0.4, 0.5) is 10.7 Å². The molecule has 1 rings (SSSR count). The molecule has 1 aromatic heterocycles. The van der Waals surface area contributed by atoms with E-state index in [1.165, 1.54) is 6.26 Å². The van der Waals surface area contributed by atoms with E-state index in [-0.39, 0.29) is 6.54 Å². The zero-order valence-corrected chi connectivity index (χ0v) is 8.28. The zero-order chi connectivity index (χ0) is 11.1. The Morgan fingerprint density at radius 3 is 2.93 bits per heavy atom. The number of nitrogens with one attached hydrogen (secondary N) is 2. The van der Waals surface area contributed by atoms with Crippen LogP contribution >= 0.6 is 0 Å². The summed E-state index contributed by atoms with van der Waals surface area (Å²) >= 11 is 0. The largest absolute Gasteiger partial charge is 0.465 e. The predicted molar refractivity (Wildman–Crippen MR) is 52.4 cm³/mol. The van der Waals surface area contributed by atoms with Gasteiger partial charge in [0.1, 0.15) is 6.54 Å². The van der Waals surface area contributed by atoms with Crippen molar-refractivity contribution in [2.75, 3.05) is 18.5 Å². The van der Waals surface area contributed by atoms with Gasteiger partial charge in [0.15, 0.2) is 0 Å². The number of esters is 1. The molecule has 0 aliphatic rings. The molecule has 15 heavy (non-hydrogen) atoms. The number of furan rings is 1. The predicted octanol–water partition coefficient (Wildman–Crippen LogP) is 0.964. The summed E-state index contributed by atoms with van der Waals surface area (Å²) in [5.74, 6) is -0.163. The molecule has 6 heteroatoms. The number of amides is 2. The minimum absolute atomic E-state index is 0.166. The quantitative estimate of drug-likeness (QED) is 0.728. The fourth-order valence-electron chi connectivity index (χ4n) is 0.870. The molecule has 0 bridgehead atoms. The van der Waals surface area contributed by atoms with Crippen molar-refractivity contribution < 1.29 is 18.7 Å². The Labute approximate surface area is 86.6 Å². The normalized spacial score (nSPS) is 9.40.